The molecular weight excluding hydrogens is 274 g/mol. The molecular formula is C13H21N5OS. The molecule has 1 unspecified atom stereocenters. The smallest absolute Gasteiger partial charge is 0.323 e. The maximum absolute atomic E-state index is 12.1. The van der Waals surface area contributed by atoms with E-state index in [0.717, 1.165) is 43.7 Å². The Kier molecular flexibility index (Phi) is 4.16. The summed E-state index contributed by atoms with van der Waals surface area (Å²) in [5.41, 5.74) is 0. The van der Waals surface area contributed by atoms with Gasteiger partial charge in [-0.3, -0.25) is 5.32 Å². The van der Waals surface area contributed by atoms with Gasteiger partial charge in [-0.05, 0) is 38.1 Å². The number of nitrogens with zero attached hydrogens (tertiary/aromatic N) is 4. The minimum absolute atomic E-state index is 0.0509. The molecule has 1 aliphatic carbocycles. The van der Waals surface area contributed by atoms with E-state index in [4.69, 9.17) is 0 Å². The van der Waals surface area contributed by atoms with Crippen molar-refractivity contribution in [3.63, 3.8) is 0 Å². The second kappa shape index (κ2) is 6.05. The number of nitrogens with one attached hydrogen (secondary N) is 1. The minimum atomic E-state index is -0.0509. The van der Waals surface area contributed by atoms with E-state index in [2.05, 4.69) is 26.0 Å². The summed E-state index contributed by atoms with van der Waals surface area (Å²) in [5, 5.41) is 2.79. The summed E-state index contributed by atoms with van der Waals surface area (Å²) in [5.74, 6) is 2.07. The fourth-order valence-electron chi connectivity index (χ4n) is 2.83. The van der Waals surface area contributed by atoms with Crippen molar-refractivity contribution in [3.05, 3.63) is 6.20 Å². The topological polar surface area (TPSA) is 61.4 Å². The lowest BCUT2D eigenvalue weighted by Gasteiger charge is -2.21. The van der Waals surface area contributed by atoms with Crippen LogP contribution in [0.1, 0.15) is 19.3 Å². The maximum Gasteiger partial charge on any atom is 0.323 e. The Morgan fingerprint density at radius 2 is 2.25 bits per heavy atom. The molecule has 2 heterocycles. The molecule has 6 nitrogen and oxygen atoms in total. The lowest BCUT2D eigenvalue weighted by Crippen LogP contribution is -2.35. The first-order valence-corrected chi connectivity index (χ1v) is 7.96. The fourth-order valence-corrected chi connectivity index (χ4v) is 3.21. The van der Waals surface area contributed by atoms with Crippen LogP contribution in [0, 0.1) is 11.8 Å². The summed E-state index contributed by atoms with van der Waals surface area (Å²) in [7, 11) is 2.20. The molecule has 110 valence electrons. The van der Waals surface area contributed by atoms with Gasteiger partial charge in [-0.15, -0.1) is 0 Å². The van der Waals surface area contributed by atoms with Gasteiger partial charge in [0.15, 0.2) is 5.82 Å². The van der Waals surface area contributed by atoms with Crippen molar-refractivity contribution in [3.8, 4) is 0 Å². The Balaban J connectivity index is 1.42. The molecule has 2 amide bonds. The van der Waals surface area contributed by atoms with Crippen molar-refractivity contribution in [1.82, 2.24) is 18.5 Å². The van der Waals surface area contributed by atoms with Gasteiger partial charge in [-0.1, -0.05) is 0 Å². The Bertz CT molecular complexity index is 448. The summed E-state index contributed by atoms with van der Waals surface area (Å²) in [6.07, 6.45) is 5.47. The number of amides is 2. The SMILES string of the molecule is CN(CC1CC1)CC1CCN(C(=O)Nc2cnsn2)C1. The zero-order valence-electron chi connectivity index (χ0n) is 11.8. The molecule has 1 N–H and O–H groups in total. The Hall–Kier alpha value is -1.21. The van der Waals surface area contributed by atoms with Gasteiger partial charge in [0.1, 0.15) is 0 Å². The van der Waals surface area contributed by atoms with Crippen LogP contribution in [0.4, 0.5) is 10.6 Å². The number of likely N-dealkylation sites (tertiary alicyclic amines) is 1. The molecule has 1 atom stereocenters. The summed E-state index contributed by atoms with van der Waals surface area (Å²) in [6.45, 7) is 4.00. The van der Waals surface area contributed by atoms with Crippen LogP contribution in [-0.4, -0.2) is 57.8 Å². The van der Waals surface area contributed by atoms with E-state index in [1.54, 1.807) is 6.20 Å². The van der Waals surface area contributed by atoms with Crippen molar-refractivity contribution in [2.24, 2.45) is 11.8 Å². The van der Waals surface area contributed by atoms with Crippen LogP contribution < -0.4 is 5.32 Å². The van der Waals surface area contributed by atoms with Gasteiger partial charge in [0.25, 0.3) is 0 Å². The minimum Gasteiger partial charge on any atom is -0.324 e. The van der Waals surface area contributed by atoms with Crippen molar-refractivity contribution in [2.45, 2.75) is 19.3 Å². The highest BCUT2D eigenvalue weighted by atomic mass is 32.1. The van der Waals surface area contributed by atoms with Crippen molar-refractivity contribution in [1.29, 1.82) is 0 Å². The number of hydrogen-bond donors (Lipinski definition) is 1. The van der Waals surface area contributed by atoms with E-state index >= 15 is 0 Å². The number of rotatable bonds is 5. The van der Waals surface area contributed by atoms with Crippen LogP contribution in [0.15, 0.2) is 6.20 Å². The van der Waals surface area contributed by atoms with E-state index in [0.29, 0.717) is 11.7 Å². The zero-order chi connectivity index (χ0) is 13.9. The van der Waals surface area contributed by atoms with Crippen LogP contribution in [0.2, 0.25) is 0 Å². The summed E-state index contributed by atoms with van der Waals surface area (Å²) in [6, 6.07) is -0.0509. The summed E-state index contributed by atoms with van der Waals surface area (Å²) >= 11 is 1.10. The van der Waals surface area contributed by atoms with Gasteiger partial charge in [0.2, 0.25) is 0 Å². The van der Waals surface area contributed by atoms with Crippen molar-refractivity contribution < 1.29 is 4.79 Å². The standard InChI is InChI=1S/C13H21N5OS/c1-17(7-10-2-3-10)8-11-4-5-18(9-11)13(19)15-12-6-14-20-16-12/h6,10-11H,2-5,7-9H2,1H3,(H,15,16,19). The monoisotopic (exact) mass is 295 g/mol. The van der Waals surface area contributed by atoms with E-state index in [1.165, 1.54) is 19.4 Å². The predicted octanol–water partition coefficient (Wildman–Crippen LogP) is 1.73. The molecule has 1 aromatic rings. The van der Waals surface area contributed by atoms with Gasteiger partial charge in [0, 0.05) is 26.2 Å². The normalized spacial score (nSPS) is 22.5. The lowest BCUT2D eigenvalue weighted by molar-refractivity contribution is 0.216. The first kappa shape index (κ1) is 13.8. The van der Waals surface area contributed by atoms with E-state index in [9.17, 15) is 4.79 Å². The molecule has 2 aliphatic rings. The molecule has 1 aromatic heterocycles. The molecule has 2 fully saturated rings. The molecule has 7 heteroatoms. The summed E-state index contributed by atoms with van der Waals surface area (Å²) in [4.78, 5) is 16.4. The third kappa shape index (κ3) is 3.67. The lowest BCUT2D eigenvalue weighted by atomic mass is 10.1. The molecule has 1 saturated heterocycles. The Labute approximate surface area is 123 Å². The van der Waals surface area contributed by atoms with Crippen LogP contribution >= 0.6 is 11.7 Å². The summed E-state index contributed by atoms with van der Waals surface area (Å²) < 4.78 is 7.88. The largest absolute Gasteiger partial charge is 0.324 e. The first-order valence-electron chi connectivity index (χ1n) is 7.22. The number of anilines is 1. The zero-order valence-corrected chi connectivity index (χ0v) is 12.6. The number of carbonyl (C=O) groups excluding carboxylic acids is 1. The molecule has 0 bridgehead atoms. The Morgan fingerprint density at radius 1 is 1.45 bits per heavy atom. The number of urea groups is 1. The van der Waals surface area contributed by atoms with Gasteiger partial charge in [0.05, 0.1) is 17.9 Å². The average molecular weight is 295 g/mol. The quantitative estimate of drug-likeness (QED) is 0.899. The molecule has 20 heavy (non-hydrogen) atoms. The molecule has 3 rings (SSSR count). The van der Waals surface area contributed by atoms with E-state index in [-0.39, 0.29) is 6.03 Å². The highest BCUT2D eigenvalue weighted by molar-refractivity contribution is 6.99. The van der Waals surface area contributed by atoms with Crippen LogP contribution in [0.25, 0.3) is 0 Å². The molecule has 0 spiro atoms. The molecule has 1 aliphatic heterocycles. The highest BCUT2D eigenvalue weighted by Gasteiger charge is 2.29. The van der Waals surface area contributed by atoms with Crippen molar-refractivity contribution >= 4 is 23.6 Å². The second-order valence-corrected chi connectivity index (χ2v) is 6.54. The third-order valence-corrected chi connectivity index (χ3v) is 4.48. The number of carbonyl (C=O) groups is 1. The second-order valence-electron chi connectivity index (χ2n) is 5.99. The maximum atomic E-state index is 12.1. The average Bonchev–Trinajstić information content (AvgIpc) is 2.91. The predicted molar refractivity (Wildman–Crippen MR) is 78.8 cm³/mol. The number of hydrogen-bond acceptors (Lipinski definition) is 5. The van der Waals surface area contributed by atoms with Crippen LogP contribution in [0.3, 0.4) is 0 Å². The highest BCUT2D eigenvalue weighted by Crippen LogP contribution is 2.30. The molecule has 0 radical (unpaired) electrons. The van der Waals surface area contributed by atoms with Crippen LogP contribution in [-0.2, 0) is 0 Å². The molecule has 0 aromatic carbocycles. The number of aromatic nitrogens is 2. The van der Waals surface area contributed by atoms with Gasteiger partial charge < -0.3 is 9.80 Å². The van der Waals surface area contributed by atoms with Gasteiger partial charge >= 0.3 is 6.03 Å². The molecule has 1 saturated carbocycles. The third-order valence-electron chi connectivity index (χ3n) is 4.01. The fraction of sp³-hybridized carbons (Fsp3) is 0.769. The van der Waals surface area contributed by atoms with Crippen molar-refractivity contribution in [2.75, 3.05) is 38.5 Å². The van der Waals surface area contributed by atoms with E-state index < -0.39 is 0 Å². The first-order chi connectivity index (χ1) is 9.70. The van der Waals surface area contributed by atoms with Crippen LogP contribution in [0.5, 0.6) is 0 Å². The van der Waals surface area contributed by atoms with E-state index in [1.807, 2.05) is 4.90 Å². The van der Waals surface area contributed by atoms with Gasteiger partial charge in [-0.25, -0.2) is 4.79 Å². The van der Waals surface area contributed by atoms with Gasteiger partial charge in [-0.2, -0.15) is 8.75 Å². The Morgan fingerprint density at radius 3 is 2.95 bits per heavy atom.